The number of hydrogen-bond acceptors (Lipinski definition) is 5. The molecule has 1 aliphatic rings. The average molecular weight is 674 g/mol. The van der Waals surface area contributed by atoms with E-state index in [0.29, 0.717) is 22.2 Å². The third-order valence-corrected chi connectivity index (χ3v) is 9.62. The Bertz CT molecular complexity index is 1730. The molecular weight excluding hydrogens is 634 g/mol. The molecular formula is C37H40ClN3O5S. The molecule has 0 radical (unpaired) electrons. The monoisotopic (exact) mass is 673 g/mol. The molecule has 0 saturated heterocycles. The maximum absolute atomic E-state index is 14.4. The molecule has 0 aliphatic heterocycles. The van der Waals surface area contributed by atoms with Gasteiger partial charge in [-0.25, -0.2) is 8.42 Å². The number of amides is 2. The third-order valence-electron chi connectivity index (χ3n) is 8.25. The minimum absolute atomic E-state index is 0.0294. The molecule has 1 fully saturated rings. The second-order valence-electron chi connectivity index (χ2n) is 11.9. The van der Waals surface area contributed by atoms with Crippen molar-refractivity contribution in [1.29, 1.82) is 0 Å². The largest absolute Gasteiger partial charge is 0.457 e. The van der Waals surface area contributed by atoms with Gasteiger partial charge in [0.2, 0.25) is 21.8 Å². The average Bonchev–Trinajstić information content (AvgIpc) is 3.06. The van der Waals surface area contributed by atoms with Crippen molar-refractivity contribution in [3.05, 3.63) is 125 Å². The molecule has 5 rings (SSSR count). The quantitative estimate of drug-likeness (QED) is 0.165. The maximum Gasteiger partial charge on any atom is 0.244 e. The molecule has 10 heteroatoms. The van der Waals surface area contributed by atoms with E-state index in [2.05, 4.69) is 5.32 Å². The van der Waals surface area contributed by atoms with Gasteiger partial charge >= 0.3 is 0 Å². The lowest BCUT2D eigenvalue weighted by Gasteiger charge is -2.35. The van der Waals surface area contributed by atoms with Crippen LogP contribution in [-0.4, -0.2) is 50.0 Å². The van der Waals surface area contributed by atoms with Crippen molar-refractivity contribution >= 4 is 39.1 Å². The summed E-state index contributed by atoms with van der Waals surface area (Å²) in [4.78, 5) is 30.0. The van der Waals surface area contributed by atoms with Gasteiger partial charge in [0.05, 0.1) is 11.9 Å². The zero-order chi connectivity index (χ0) is 33.2. The van der Waals surface area contributed by atoms with Crippen LogP contribution in [-0.2, 0) is 32.6 Å². The van der Waals surface area contributed by atoms with Gasteiger partial charge in [0.15, 0.2) is 0 Å². The fourth-order valence-corrected chi connectivity index (χ4v) is 6.91. The predicted molar refractivity (Wildman–Crippen MR) is 186 cm³/mol. The number of halogens is 1. The summed E-state index contributed by atoms with van der Waals surface area (Å²) in [5.74, 6) is 0.386. The summed E-state index contributed by atoms with van der Waals surface area (Å²) in [7, 11) is -3.90. The van der Waals surface area contributed by atoms with Crippen molar-refractivity contribution in [3.8, 4) is 11.5 Å². The van der Waals surface area contributed by atoms with Crippen molar-refractivity contribution in [2.45, 2.75) is 57.2 Å². The Morgan fingerprint density at radius 1 is 0.830 bits per heavy atom. The molecule has 1 saturated carbocycles. The molecule has 0 bridgehead atoms. The molecule has 2 amide bonds. The standard InChI is InChI=1S/C37H40ClN3O5S/c1-47(44,45)41(32-20-22-34(23-21-32)46-33-18-9-4-10-19-33)27-36(42)40(26-29-14-11-15-30(38)24-29)35(25-28-12-5-2-6-13-28)37(43)39-31-16-7-3-8-17-31/h2,4-6,9-15,18-24,31,35H,3,7-8,16-17,25-27H2,1H3,(H,39,43). The lowest BCUT2D eigenvalue weighted by molar-refractivity contribution is -0.140. The zero-order valence-corrected chi connectivity index (χ0v) is 28.0. The van der Waals surface area contributed by atoms with E-state index in [-0.39, 0.29) is 24.9 Å². The third kappa shape index (κ3) is 9.83. The topological polar surface area (TPSA) is 96.0 Å². The Morgan fingerprint density at radius 3 is 2.09 bits per heavy atom. The number of carbonyl (C=O) groups excluding carboxylic acids is 2. The molecule has 1 aliphatic carbocycles. The van der Waals surface area contributed by atoms with Crippen molar-refractivity contribution in [1.82, 2.24) is 10.2 Å². The number of benzene rings is 4. The van der Waals surface area contributed by atoms with E-state index < -0.39 is 28.5 Å². The van der Waals surface area contributed by atoms with Crippen molar-refractivity contribution in [3.63, 3.8) is 0 Å². The fourth-order valence-electron chi connectivity index (χ4n) is 5.85. The van der Waals surface area contributed by atoms with Crippen LogP contribution in [0.3, 0.4) is 0 Å². The molecule has 4 aromatic carbocycles. The molecule has 246 valence electrons. The lowest BCUT2D eigenvalue weighted by atomic mass is 9.94. The van der Waals surface area contributed by atoms with Gasteiger partial charge in [0.25, 0.3) is 0 Å². The van der Waals surface area contributed by atoms with Crippen LogP contribution in [0.5, 0.6) is 11.5 Å². The number of sulfonamides is 1. The van der Waals surface area contributed by atoms with Gasteiger partial charge in [-0.2, -0.15) is 0 Å². The molecule has 0 aromatic heterocycles. The van der Waals surface area contributed by atoms with Crippen LogP contribution in [0.25, 0.3) is 0 Å². The number of rotatable bonds is 13. The highest BCUT2D eigenvalue weighted by Gasteiger charge is 2.34. The lowest BCUT2D eigenvalue weighted by Crippen LogP contribution is -2.55. The van der Waals surface area contributed by atoms with E-state index in [1.54, 1.807) is 42.5 Å². The Labute approximate surface area is 282 Å². The number of nitrogens with zero attached hydrogens (tertiary/aromatic N) is 2. The number of nitrogens with one attached hydrogen (secondary N) is 1. The van der Waals surface area contributed by atoms with Crippen molar-refractivity contribution in [2.24, 2.45) is 0 Å². The number of carbonyl (C=O) groups is 2. The first-order valence-corrected chi connectivity index (χ1v) is 18.1. The maximum atomic E-state index is 14.4. The molecule has 1 N–H and O–H groups in total. The van der Waals surface area contributed by atoms with Gasteiger partial charge in [-0.05, 0) is 72.5 Å². The highest BCUT2D eigenvalue weighted by molar-refractivity contribution is 7.92. The molecule has 0 heterocycles. The van der Waals surface area contributed by atoms with E-state index in [4.69, 9.17) is 16.3 Å². The Morgan fingerprint density at radius 2 is 1.45 bits per heavy atom. The predicted octanol–water partition coefficient (Wildman–Crippen LogP) is 6.99. The van der Waals surface area contributed by atoms with Gasteiger partial charge in [-0.15, -0.1) is 0 Å². The van der Waals surface area contributed by atoms with Crippen LogP contribution < -0.4 is 14.4 Å². The highest BCUT2D eigenvalue weighted by Crippen LogP contribution is 2.27. The normalized spacial score (nSPS) is 14.2. The molecule has 1 unspecified atom stereocenters. The summed E-state index contributed by atoms with van der Waals surface area (Å²) < 4.78 is 33.2. The second kappa shape index (κ2) is 16.0. The van der Waals surface area contributed by atoms with E-state index in [1.807, 2.05) is 66.7 Å². The van der Waals surface area contributed by atoms with Crippen LogP contribution in [0.2, 0.25) is 5.02 Å². The van der Waals surface area contributed by atoms with Crippen molar-refractivity contribution < 1.29 is 22.7 Å². The van der Waals surface area contributed by atoms with Gasteiger partial charge in [-0.3, -0.25) is 13.9 Å². The Balaban J connectivity index is 1.46. The van der Waals surface area contributed by atoms with E-state index in [1.165, 1.54) is 4.90 Å². The summed E-state index contributed by atoms with van der Waals surface area (Å²) >= 11 is 6.32. The van der Waals surface area contributed by atoms with Gasteiger partial charge in [0, 0.05) is 24.0 Å². The summed E-state index contributed by atoms with van der Waals surface area (Å²) in [5.41, 5.74) is 1.91. The summed E-state index contributed by atoms with van der Waals surface area (Å²) in [6.45, 7) is -0.434. The fraction of sp³-hybridized carbons (Fsp3) is 0.297. The molecule has 47 heavy (non-hydrogen) atoms. The summed E-state index contributed by atoms with van der Waals surface area (Å²) in [5, 5.41) is 3.71. The van der Waals surface area contributed by atoms with Gasteiger partial charge in [0.1, 0.15) is 24.1 Å². The number of hydrogen-bond donors (Lipinski definition) is 1. The first kappa shape index (κ1) is 34.0. The molecule has 4 aromatic rings. The smallest absolute Gasteiger partial charge is 0.244 e. The van der Waals surface area contributed by atoms with Crippen LogP contribution in [0.1, 0.15) is 43.2 Å². The van der Waals surface area contributed by atoms with Crippen LogP contribution in [0.4, 0.5) is 5.69 Å². The molecule has 8 nitrogen and oxygen atoms in total. The van der Waals surface area contributed by atoms with Crippen LogP contribution in [0.15, 0.2) is 109 Å². The van der Waals surface area contributed by atoms with E-state index in [0.717, 1.165) is 53.8 Å². The number of para-hydroxylation sites is 1. The van der Waals surface area contributed by atoms with Crippen LogP contribution >= 0.6 is 11.6 Å². The van der Waals surface area contributed by atoms with E-state index >= 15 is 0 Å². The number of anilines is 1. The minimum atomic E-state index is -3.90. The van der Waals surface area contributed by atoms with Crippen molar-refractivity contribution in [2.75, 3.05) is 17.1 Å². The SMILES string of the molecule is CS(=O)(=O)N(CC(=O)N(Cc1cccc(Cl)c1)C(Cc1ccccc1)C(=O)NC1CCCCC1)c1ccc(Oc2ccccc2)cc1. The molecule has 0 spiro atoms. The molecule has 1 atom stereocenters. The van der Waals surface area contributed by atoms with Gasteiger partial charge < -0.3 is 15.0 Å². The Hall–Kier alpha value is -4.34. The zero-order valence-electron chi connectivity index (χ0n) is 26.4. The summed E-state index contributed by atoms with van der Waals surface area (Å²) in [6.07, 6.45) is 6.31. The Kier molecular flexibility index (Phi) is 11.6. The first-order chi connectivity index (χ1) is 22.7. The number of ether oxygens (including phenoxy) is 1. The second-order valence-corrected chi connectivity index (χ2v) is 14.2. The van der Waals surface area contributed by atoms with E-state index in [9.17, 15) is 18.0 Å². The summed E-state index contributed by atoms with van der Waals surface area (Å²) in [6, 6.07) is 31.5. The minimum Gasteiger partial charge on any atom is -0.457 e. The van der Waals surface area contributed by atoms with Crippen LogP contribution in [0, 0.1) is 0 Å². The first-order valence-electron chi connectivity index (χ1n) is 15.8. The van der Waals surface area contributed by atoms with Gasteiger partial charge in [-0.1, -0.05) is 91.5 Å². The highest BCUT2D eigenvalue weighted by atomic mass is 35.5.